The first-order chi connectivity index (χ1) is 15.3. The van der Waals surface area contributed by atoms with Crippen LogP contribution in [0, 0.1) is 25.7 Å². The molecule has 1 N–H and O–H groups in total. The molecule has 1 fully saturated rings. The normalized spacial score (nSPS) is 21.1. The minimum atomic E-state index is -0.235. The first kappa shape index (κ1) is 22.6. The van der Waals surface area contributed by atoms with Crippen molar-refractivity contribution in [1.29, 1.82) is 0 Å². The summed E-state index contributed by atoms with van der Waals surface area (Å²) >= 11 is 6.35. The molecule has 1 saturated carbocycles. The van der Waals surface area contributed by atoms with E-state index in [1.54, 1.807) is 6.20 Å². The summed E-state index contributed by atoms with van der Waals surface area (Å²) in [4.78, 5) is 26.0. The zero-order chi connectivity index (χ0) is 23.0. The third-order valence-electron chi connectivity index (χ3n) is 7.24. The molecule has 2 heterocycles. The van der Waals surface area contributed by atoms with Gasteiger partial charge in [-0.2, -0.15) is 5.10 Å². The molecule has 7 heteroatoms. The third kappa shape index (κ3) is 4.20. The monoisotopic (exact) mass is 454 g/mol. The van der Waals surface area contributed by atoms with Gasteiger partial charge in [-0.1, -0.05) is 56.5 Å². The average Bonchev–Trinajstić information content (AvgIpc) is 3.00. The number of benzene rings is 1. The zero-order valence-electron chi connectivity index (χ0n) is 19.2. The van der Waals surface area contributed by atoms with Crippen LogP contribution in [0.3, 0.4) is 0 Å². The predicted octanol–water partition coefficient (Wildman–Crippen LogP) is 4.46. The number of rotatable bonds is 5. The Morgan fingerprint density at radius 2 is 1.94 bits per heavy atom. The summed E-state index contributed by atoms with van der Waals surface area (Å²) in [6.45, 7) is 8.85. The second-order valence-electron chi connectivity index (χ2n) is 9.19. The summed E-state index contributed by atoms with van der Waals surface area (Å²) in [6.07, 6.45) is 5.01. The lowest BCUT2D eigenvalue weighted by molar-refractivity contribution is -0.123. The van der Waals surface area contributed by atoms with E-state index in [1.807, 2.05) is 38.1 Å². The highest BCUT2D eigenvalue weighted by Gasteiger charge is 2.28. The molecule has 1 aliphatic carbocycles. The lowest BCUT2D eigenvalue weighted by Gasteiger charge is -2.34. The van der Waals surface area contributed by atoms with Crippen molar-refractivity contribution in [2.45, 2.75) is 66.1 Å². The summed E-state index contributed by atoms with van der Waals surface area (Å²) in [5.74, 6) is 0.869. The maximum absolute atomic E-state index is 13.3. The second-order valence-corrected chi connectivity index (χ2v) is 9.59. The maximum atomic E-state index is 13.3. The Morgan fingerprint density at radius 1 is 1.19 bits per heavy atom. The van der Waals surface area contributed by atoms with Crippen molar-refractivity contribution in [3.8, 4) is 0 Å². The van der Waals surface area contributed by atoms with E-state index in [-0.39, 0.29) is 24.1 Å². The van der Waals surface area contributed by atoms with Crippen LogP contribution in [0.5, 0.6) is 0 Å². The highest BCUT2D eigenvalue weighted by molar-refractivity contribution is 6.31. The van der Waals surface area contributed by atoms with Gasteiger partial charge in [-0.25, -0.2) is 4.68 Å². The molecule has 1 amide bonds. The molecule has 170 valence electrons. The first-order valence-corrected chi connectivity index (χ1v) is 11.7. The minimum absolute atomic E-state index is 0.0689. The van der Waals surface area contributed by atoms with E-state index < -0.39 is 0 Å². The van der Waals surface area contributed by atoms with Crippen LogP contribution in [-0.4, -0.2) is 26.3 Å². The van der Waals surface area contributed by atoms with Gasteiger partial charge in [0.15, 0.2) is 0 Å². The Bertz CT molecular complexity index is 1210. The SMILES string of the molecule is Cc1c2cnn(CC(=O)N[C@@H]3CCC[C@H](C)[C@H]3C)c(=O)c2c(C)n1Cc1ccccc1Cl. The Hall–Kier alpha value is -2.60. The van der Waals surface area contributed by atoms with E-state index in [9.17, 15) is 9.59 Å². The zero-order valence-corrected chi connectivity index (χ0v) is 19.9. The summed E-state index contributed by atoms with van der Waals surface area (Å²) < 4.78 is 3.37. The number of nitrogens with zero attached hydrogens (tertiary/aromatic N) is 3. The quantitative estimate of drug-likeness (QED) is 0.618. The van der Waals surface area contributed by atoms with Gasteiger partial charge in [0, 0.05) is 34.4 Å². The maximum Gasteiger partial charge on any atom is 0.276 e. The average molecular weight is 455 g/mol. The summed E-state index contributed by atoms with van der Waals surface area (Å²) in [5.41, 5.74) is 2.57. The number of hydrogen-bond donors (Lipinski definition) is 1. The lowest BCUT2D eigenvalue weighted by Crippen LogP contribution is -2.45. The molecular formula is C25H31ClN4O2. The van der Waals surface area contributed by atoms with Crippen LogP contribution in [0.25, 0.3) is 10.8 Å². The van der Waals surface area contributed by atoms with Gasteiger partial charge in [0.1, 0.15) is 6.54 Å². The van der Waals surface area contributed by atoms with Gasteiger partial charge in [-0.05, 0) is 43.7 Å². The molecule has 0 radical (unpaired) electrons. The molecular weight excluding hydrogens is 424 g/mol. The molecule has 0 spiro atoms. The molecule has 0 bridgehead atoms. The fourth-order valence-electron chi connectivity index (χ4n) is 4.97. The second kappa shape index (κ2) is 9.10. The number of carbonyl (C=O) groups is 1. The molecule has 3 aromatic rings. The Balaban J connectivity index is 1.60. The number of nitrogens with one attached hydrogen (secondary N) is 1. The van der Waals surface area contributed by atoms with Gasteiger partial charge in [-0.15, -0.1) is 0 Å². The number of hydrogen-bond acceptors (Lipinski definition) is 3. The van der Waals surface area contributed by atoms with Crippen LogP contribution in [-0.2, 0) is 17.9 Å². The van der Waals surface area contributed by atoms with Crippen LogP contribution in [0.4, 0.5) is 0 Å². The summed E-state index contributed by atoms with van der Waals surface area (Å²) in [7, 11) is 0. The molecule has 0 unspecified atom stereocenters. The number of halogens is 1. The Morgan fingerprint density at radius 3 is 2.69 bits per heavy atom. The van der Waals surface area contributed by atoms with E-state index in [1.165, 1.54) is 11.1 Å². The molecule has 1 aromatic carbocycles. The van der Waals surface area contributed by atoms with Gasteiger partial charge >= 0.3 is 0 Å². The molecule has 0 aliphatic heterocycles. The number of carbonyl (C=O) groups excluding carboxylic acids is 1. The van der Waals surface area contributed by atoms with Crippen LogP contribution < -0.4 is 10.9 Å². The van der Waals surface area contributed by atoms with Crippen molar-refractivity contribution in [3.05, 3.63) is 62.8 Å². The number of aromatic nitrogens is 3. The van der Waals surface area contributed by atoms with Crippen LogP contribution in [0.15, 0.2) is 35.3 Å². The Kier molecular flexibility index (Phi) is 6.42. The van der Waals surface area contributed by atoms with Crippen molar-refractivity contribution in [3.63, 3.8) is 0 Å². The molecule has 6 nitrogen and oxygen atoms in total. The number of fused-ring (bicyclic) bond motifs is 1. The van der Waals surface area contributed by atoms with E-state index in [0.29, 0.717) is 28.8 Å². The van der Waals surface area contributed by atoms with E-state index in [2.05, 4.69) is 28.8 Å². The fraction of sp³-hybridized carbons (Fsp3) is 0.480. The van der Waals surface area contributed by atoms with Crippen molar-refractivity contribution in [1.82, 2.24) is 19.7 Å². The molecule has 4 rings (SSSR count). The molecule has 2 aromatic heterocycles. The molecule has 0 saturated heterocycles. The van der Waals surface area contributed by atoms with Crippen LogP contribution >= 0.6 is 11.6 Å². The topological polar surface area (TPSA) is 68.9 Å². The number of aryl methyl sites for hydroxylation is 2. The van der Waals surface area contributed by atoms with Gasteiger partial charge in [-0.3, -0.25) is 9.59 Å². The number of amides is 1. The molecule has 3 atom stereocenters. The van der Waals surface area contributed by atoms with E-state index in [4.69, 9.17) is 11.6 Å². The predicted molar refractivity (Wildman–Crippen MR) is 128 cm³/mol. The largest absolute Gasteiger partial charge is 0.351 e. The van der Waals surface area contributed by atoms with Gasteiger partial charge < -0.3 is 9.88 Å². The minimum Gasteiger partial charge on any atom is -0.351 e. The van der Waals surface area contributed by atoms with Gasteiger partial charge in [0.05, 0.1) is 11.6 Å². The molecule has 32 heavy (non-hydrogen) atoms. The summed E-state index contributed by atoms with van der Waals surface area (Å²) in [5, 5.41) is 9.57. The van der Waals surface area contributed by atoms with Crippen molar-refractivity contribution < 1.29 is 4.79 Å². The van der Waals surface area contributed by atoms with E-state index >= 15 is 0 Å². The van der Waals surface area contributed by atoms with Crippen LogP contribution in [0.2, 0.25) is 5.02 Å². The molecule has 1 aliphatic rings. The van der Waals surface area contributed by atoms with Gasteiger partial charge in [0.2, 0.25) is 5.91 Å². The highest BCUT2D eigenvalue weighted by Crippen LogP contribution is 2.29. The van der Waals surface area contributed by atoms with Crippen molar-refractivity contribution in [2.75, 3.05) is 0 Å². The van der Waals surface area contributed by atoms with Gasteiger partial charge in [0.25, 0.3) is 5.56 Å². The first-order valence-electron chi connectivity index (χ1n) is 11.4. The van der Waals surface area contributed by atoms with Crippen molar-refractivity contribution in [2.24, 2.45) is 11.8 Å². The lowest BCUT2D eigenvalue weighted by atomic mass is 9.78. The highest BCUT2D eigenvalue weighted by atomic mass is 35.5. The van der Waals surface area contributed by atoms with Crippen molar-refractivity contribution >= 4 is 28.3 Å². The smallest absolute Gasteiger partial charge is 0.276 e. The van der Waals surface area contributed by atoms with E-state index in [0.717, 1.165) is 35.2 Å². The third-order valence-corrected chi connectivity index (χ3v) is 7.61. The summed E-state index contributed by atoms with van der Waals surface area (Å²) in [6, 6.07) is 7.87. The Labute approximate surface area is 193 Å². The fourth-order valence-corrected chi connectivity index (χ4v) is 5.16. The standard InChI is InChI=1S/C25H31ClN4O2/c1-15-8-7-11-22(16(15)2)28-23(31)14-30-25(32)24-18(4)29(17(3)20(24)12-27-30)13-19-9-5-6-10-21(19)26/h5-6,9-10,12,15-16,22H,7-8,11,13-14H2,1-4H3,(H,28,31)/t15-,16+,22+/m0/s1. The van der Waals surface area contributed by atoms with Crippen LogP contribution in [0.1, 0.15) is 50.1 Å².